The summed E-state index contributed by atoms with van der Waals surface area (Å²) in [4.78, 5) is 42.6. The molecule has 0 radical (unpaired) electrons. The maximum atomic E-state index is 14.3. The summed E-state index contributed by atoms with van der Waals surface area (Å²) in [7, 11) is 0. The van der Waals surface area contributed by atoms with Crippen molar-refractivity contribution in [3.63, 3.8) is 0 Å². The van der Waals surface area contributed by atoms with Crippen molar-refractivity contribution < 1.29 is 14.3 Å². The van der Waals surface area contributed by atoms with Crippen LogP contribution in [-0.4, -0.2) is 49.8 Å². The second-order valence-electron chi connectivity index (χ2n) is 12.2. The minimum atomic E-state index is -0.628. The van der Waals surface area contributed by atoms with Gasteiger partial charge in [0.05, 0.1) is 28.8 Å². The number of alkyl carbamates (subject to hydrolysis) is 1. The molecule has 2 amide bonds. The number of rotatable bonds is 11. The monoisotopic (exact) mass is 653 g/mol. The van der Waals surface area contributed by atoms with Gasteiger partial charge in [0, 0.05) is 29.4 Å². The van der Waals surface area contributed by atoms with Crippen LogP contribution in [0, 0.1) is 12.8 Å². The van der Waals surface area contributed by atoms with Crippen LogP contribution < -0.4 is 11.0 Å². The predicted octanol–water partition coefficient (Wildman–Crippen LogP) is 7.30. The fourth-order valence-corrected chi connectivity index (χ4v) is 5.57. The van der Waals surface area contributed by atoms with Crippen molar-refractivity contribution in [3.05, 3.63) is 104 Å². The number of nitrogens with zero attached hydrogens (tertiary/aromatic N) is 4. The number of aromatic nitrogens is 3. The molecule has 0 aliphatic heterocycles. The van der Waals surface area contributed by atoms with Gasteiger partial charge < -0.3 is 15.0 Å². The van der Waals surface area contributed by atoms with Gasteiger partial charge in [-0.15, -0.1) is 0 Å². The van der Waals surface area contributed by atoms with Crippen LogP contribution in [-0.2, 0) is 11.3 Å². The molecule has 45 heavy (non-hydrogen) atoms. The number of nitrogens with one attached hydrogen (secondary N) is 1. The molecule has 11 heteroatoms. The number of hydrogen-bond acceptors (Lipinski definition) is 5. The Kier molecular flexibility index (Phi) is 11.0. The van der Waals surface area contributed by atoms with Gasteiger partial charge >= 0.3 is 11.8 Å². The summed E-state index contributed by atoms with van der Waals surface area (Å²) in [6, 6.07) is 17.8. The first kappa shape index (κ1) is 34.1. The molecule has 9 nitrogen and oxygen atoms in total. The van der Waals surface area contributed by atoms with Crippen LogP contribution in [0.4, 0.5) is 4.79 Å². The molecule has 0 saturated heterocycles. The Morgan fingerprint density at radius 2 is 1.73 bits per heavy atom. The maximum Gasteiger partial charge on any atom is 0.407 e. The van der Waals surface area contributed by atoms with Gasteiger partial charge in [-0.3, -0.25) is 9.36 Å². The first-order valence-corrected chi connectivity index (χ1v) is 15.9. The average molecular weight is 655 g/mol. The van der Waals surface area contributed by atoms with Crippen molar-refractivity contribution in [2.45, 2.75) is 72.6 Å². The maximum absolute atomic E-state index is 14.3. The largest absolute Gasteiger partial charge is 0.444 e. The highest BCUT2D eigenvalue weighted by Crippen LogP contribution is 2.34. The Hall–Kier alpha value is -3.82. The van der Waals surface area contributed by atoms with E-state index in [1.165, 1.54) is 4.52 Å². The van der Waals surface area contributed by atoms with E-state index in [-0.39, 0.29) is 30.6 Å². The van der Waals surface area contributed by atoms with Gasteiger partial charge in [-0.1, -0.05) is 73.8 Å². The first-order valence-electron chi connectivity index (χ1n) is 15.2. The average Bonchev–Trinajstić information content (AvgIpc) is 3.28. The van der Waals surface area contributed by atoms with Gasteiger partial charge in [-0.2, -0.15) is 9.61 Å². The van der Waals surface area contributed by atoms with E-state index in [1.807, 2.05) is 36.4 Å². The lowest BCUT2D eigenvalue weighted by Crippen LogP contribution is -2.43. The third-order valence-electron chi connectivity index (χ3n) is 7.63. The Labute approximate surface area is 274 Å². The van der Waals surface area contributed by atoms with E-state index in [4.69, 9.17) is 27.9 Å². The first-order chi connectivity index (χ1) is 21.3. The van der Waals surface area contributed by atoms with Crippen LogP contribution >= 0.6 is 23.2 Å². The fraction of sp³-hybridized carbons (Fsp3) is 0.412. The lowest BCUT2D eigenvalue weighted by Gasteiger charge is -2.37. The van der Waals surface area contributed by atoms with Crippen LogP contribution in [0.25, 0.3) is 5.52 Å². The molecule has 0 bridgehead atoms. The van der Waals surface area contributed by atoms with E-state index in [9.17, 15) is 14.4 Å². The second-order valence-corrected chi connectivity index (χ2v) is 13.1. The Balaban J connectivity index is 1.83. The van der Waals surface area contributed by atoms with Crippen molar-refractivity contribution in [3.8, 4) is 0 Å². The minimum absolute atomic E-state index is 0.0632. The third-order valence-corrected chi connectivity index (χ3v) is 8.35. The highest BCUT2D eigenvalue weighted by atomic mass is 35.5. The van der Waals surface area contributed by atoms with Gasteiger partial charge in [0.2, 0.25) is 0 Å². The number of amides is 2. The van der Waals surface area contributed by atoms with Crippen molar-refractivity contribution in [1.82, 2.24) is 24.4 Å². The Bertz CT molecular complexity index is 1690. The van der Waals surface area contributed by atoms with Crippen molar-refractivity contribution in [2.24, 2.45) is 5.92 Å². The number of carbonyl (C=O) groups is 2. The molecule has 2 unspecified atom stereocenters. The molecule has 0 aliphatic carbocycles. The predicted molar refractivity (Wildman–Crippen MR) is 178 cm³/mol. The van der Waals surface area contributed by atoms with E-state index in [1.54, 1.807) is 61.4 Å². The molecule has 2 heterocycles. The van der Waals surface area contributed by atoms with Crippen LogP contribution in [0.2, 0.25) is 10.0 Å². The normalized spacial score (nSPS) is 13.0. The van der Waals surface area contributed by atoms with E-state index in [0.29, 0.717) is 45.5 Å². The van der Waals surface area contributed by atoms with Crippen LogP contribution in [0.1, 0.15) is 80.8 Å². The lowest BCUT2D eigenvalue weighted by molar-refractivity contribution is 0.0518. The molecule has 0 aliphatic rings. The van der Waals surface area contributed by atoms with Gasteiger partial charge in [0.15, 0.2) is 0 Å². The summed E-state index contributed by atoms with van der Waals surface area (Å²) >= 11 is 12.8. The summed E-state index contributed by atoms with van der Waals surface area (Å²) in [5.74, 6) is -0.282. The molecule has 240 valence electrons. The quantitative estimate of drug-likeness (QED) is 0.171. The smallest absolute Gasteiger partial charge is 0.407 e. The van der Waals surface area contributed by atoms with Gasteiger partial charge in [0.25, 0.3) is 5.91 Å². The molecule has 4 rings (SSSR count). The summed E-state index contributed by atoms with van der Waals surface area (Å²) < 4.78 is 8.39. The van der Waals surface area contributed by atoms with E-state index >= 15 is 0 Å². The summed E-state index contributed by atoms with van der Waals surface area (Å²) in [6.07, 6.45) is 0.648. The molecule has 2 aromatic heterocycles. The van der Waals surface area contributed by atoms with Crippen LogP contribution in [0.15, 0.2) is 65.5 Å². The standard InChI is InChI=1S/C34H41Cl2N5O4/c1-7-22(2)30(28-20-27-29(36)23(3)38-41(27)33(44)40(28)21-24-12-9-8-10-13-24)39(31(42)25-14-16-26(35)17-15-25)19-11-18-37-32(43)45-34(4,5)6/h8-10,12-17,20,22,30H,7,11,18-19,21H2,1-6H3,(H,37,43). The molecule has 2 aromatic carbocycles. The highest BCUT2D eigenvalue weighted by Gasteiger charge is 2.33. The fourth-order valence-electron chi connectivity index (χ4n) is 5.27. The van der Waals surface area contributed by atoms with Gasteiger partial charge in [0.1, 0.15) is 5.60 Å². The number of carbonyl (C=O) groups excluding carboxylic acids is 2. The SMILES string of the molecule is CCC(C)C(c1cc2c(Cl)c(C)nn2c(=O)n1Cc1ccccc1)N(CCCNC(=O)OC(C)(C)C)C(=O)c1ccc(Cl)cc1. The molecule has 0 fully saturated rings. The molecule has 4 aromatic rings. The summed E-state index contributed by atoms with van der Waals surface area (Å²) in [5, 5.41) is 8.12. The number of ether oxygens (including phenoxy) is 1. The number of hydrogen-bond donors (Lipinski definition) is 1. The summed E-state index contributed by atoms with van der Waals surface area (Å²) in [5.41, 5.74) is 2.09. The molecule has 1 N–H and O–H groups in total. The summed E-state index contributed by atoms with van der Waals surface area (Å²) in [6.45, 7) is 12.1. The number of aryl methyl sites for hydroxylation is 1. The van der Waals surface area contributed by atoms with Crippen LogP contribution in [0.3, 0.4) is 0 Å². The van der Waals surface area contributed by atoms with Crippen molar-refractivity contribution >= 4 is 40.7 Å². The highest BCUT2D eigenvalue weighted by molar-refractivity contribution is 6.34. The minimum Gasteiger partial charge on any atom is -0.444 e. The Morgan fingerprint density at radius 1 is 1.07 bits per heavy atom. The van der Waals surface area contributed by atoms with E-state index in [2.05, 4.69) is 24.3 Å². The number of halogens is 2. The van der Waals surface area contributed by atoms with E-state index in [0.717, 1.165) is 12.0 Å². The topological polar surface area (TPSA) is 97.9 Å². The molecule has 0 spiro atoms. The van der Waals surface area contributed by atoms with Gasteiger partial charge in [-0.05, 0) is 75.9 Å². The molecular formula is C34H41Cl2N5O4. The molecule has 0 saturated carbocycles. The zero-order valence-corrected chi connectivity index (χ0v) is 28.2. The zero-order valence-electron chi connectivity index (χ0n) is 26.6. The Morgan fingerprint density at radius 3 is 2.36 bits per heavy atom. The lowest BCUT2D eigenvalue weighted by atomic mass is 9.92. The number of benzene rings is 2. The number of fused-ring (bicyclic) bond motifs is 1. The van der Waals surface area contributed by atoms with Gasteiger partial charge in [-0.25, -0.2) is 9.59 Å². The van der Waals surface area contributed by atoms with Crippen LogP contribution in [0.5, 0.6) is 0 Å². The zero-order chi connectivity index (χ0) is 32.9. The van der Waals surface area contributed by atoms with Crippen molar-refractivity contribution in [1.29, 1.82) is 0 Å². The third kappa shape index (κ3) is 8.27. The van der Waals surface area contributed by atoms with Crippen molar-refractivity contribution in [2.75, 3.05) is 13.1 Å². The molecular weight excluding hydrogens is 613 g/mol. The second kappa shape index (κ2) is 14.5. The van der Waals surface area contributed by atoms with E-state index < -0.39 is 17.7 Å². The molecule has 2 atom stereocenters.